The summed E-state index contributed by atoms with van der Waals surface area (Å²) in [5.74, 6) is 0.0810. The van der Waals surface area contributed by atoms with Crippen LogP contribution >= 0.6 is 12.3 Å². The number of benzene rings is 1. The van der Waals surface area contributed by atoms with Crippen LogP contribution in [0.4, 0.5) is 0 Å². The molecule has 1 aromatic carbocycles. The molecule has 3 atom stereocenters. The van der Waals surface area contributed by atoms with Gasteiger partial charge in [-0.1, -0.05) is 18.2 Å². The highest BCUT2D eigenvalue weighted by Crippen LogP contribution is 2.40. The van der Waals surface area contributed by atoms with E-state index in [-0.39, 0.29) is 18.2 Å². The van der Waals surface area contributed by atoms with E-state index in [1.165, 1.54) is 0 Å². The molecule has 2 unspecified atom stereocenters. The van der Waals surface area contributed by atoms with Crippen molar-refractivity contribution in [2.75, 3.05) is 6.61 Å². The highest BCUT2D eigenvalue weighted by molar-refractivity contribution is 7.90. The molecule has 0 amide bonds. The molecule has 1 aliphatic heterocycles. The number of esters is 1. The molecule has 4 nitrogen and oxygen atoms in total. The predicted molar refractivity (Wildman–Crippen MR) is 66.8 cm³/mol. The smallest absolute Gasteiger partial charge is 0.338 e. The molecule has 96 valence electrons. The Bertz CT molecular complexity index is 410. The predicted octanol–water partition coefficient (Wildman–Crippen LogP) is 2.60. The molecule has 1 saturated carbocycles. The van der Waals surface area contributed by atoms with Gasteiger partial charge < -0.3 is 4.74 Å². The largest absolute Gasteiger partial charge is 0.462 e. The molecule has 0 spiro atoms. The van der Waals surface area contributed by atoms with E-state index in [0.717, 1.165) is 25.2 Å². The lowest BCUT2D eigenvalue weighted by atomic mass is 10.1. The van der Waals surface area contributed by atoms with Gasteiger partial charge in [0.1, 0.15) is 12.2 Å². The van der Waals surface area contributed by atoms with Gasteiger partial charge in [0.25, 0.3) is 0 Å². The van der Waals surface area contributed by atoms with Gasteiger partial charge in [0.15, 0.2) is 12.3 Å². The molecule has 2 aliphatic rings. The summed E-state index contributed by atoms with van der Waals surface area (Å²) in [5.41, 5.74) is 0.596. The average molecular weight is 266 g/mol. The number of ether oxygens (including phenoxy) is 1. The lowest BCUT2D eigenvalue weighted by molar-refractivity contribution is 0.0431. The van der Waals surface area contributed by atoms with Crippen LogP contribution in [0.15, 0.2) is 30.3 Å². The topological polar surface area (TPSA) is 44.8 Å². The molecule has 1 aliphatic carbocycles. The van der Waals surface area contributed by atoms with Gasteiger partial charge in [-0.25, -0.2) is 4.79 Å². The highest BCUT2D eigenvalue weighted by atomic mass is 32.2. The lowest BCUT2D eigenvalue weighted by Crippen LogP contribution is -2.13. The Labute approximate surface area is 110 Å². The fourth-order valence-corrected chi connectivity index (χ4v) is 3.02. The van der Waals surface area contributed by atoms with E-state index in [9.17, 15) is 4.79 Å². The normalized spacial score (nSPS) is 30.1. The van der Waals surface area contributed by atoms with Gasteiger partial charge >= 0.3 is 5.97 Å². The van der Waals surface area contributed by atoms with E-state index in [2.05, 4.69) is 0 Å². The van der Waals surface area contributed by atoms with Gasteiger partial charge in [0.05, 0.1) is 12.2 Å². The first-order valence-electron chi connectivity index (χ1n) is 6.04. The van der Waals surface area contributed by atoms with Gasteiger partial charge in [-0.3, -0.25) is 8.37 Å². The van der Waals surface area contributed by atoms with Crippen LogP contribution in [0.2, 0.25) is 0 Å². The molecule has 5 heteroatoms. The molecule has 1 aromatic rings. The first-order chi connectivity index (χ1) is 8.83. The van der Waals surface area contributed by atoms with Gasteiger partial charge in [-0.05, 0) is 30.9 Å². The Kier molecular flexibility index (Phi) is 3.54. The lowest BCUT2D eigenvalue weighted by Gasteiger charge is -2.11. The van der Waals surface area contributed by atoms with Crippen LogP contribution in [0, 0.1) is 5.92 Å². The highest BCUT2D eigenvalue weighted by Gasteiger charge is 2.41. The van der Waals surface area contributed by atoms with Crippen molar-refractivity contribution in [2.24, 2.45) is 5.92 Å². The van der Waals surface area contributed by atoms with Crippen molar-refractivity contribution < 1.29 is 17.9 Å². The Morgan fingerprint density at radius 3 is 2.56 bits per heavy atom. The minimum Gasteiger partial charge on any atom is -0.462 e. The molecule has 18 heavy (non-hydrogen) atoms. The molecule has 0 N–H and O–H groups in total. The standard InChI is InChI=1S/C13H14O4S/c14-13(10-4-2-1-3-5-10)15-8-9-6-11-12(7-9)17-18-16-11/h1-5,9,11-12H,6-8H2/t9?,11-,12?/m0/s1. The summed E-state index contributed by atoms with van der Waals surface area (Å²) in [6.07, 6.45) is 2.13. The maximum Gasteiger partial charge on any atom is 0.338 e. The minimum atomic E-state index is -0.260. The van der Waals surface area contributed by atoms with Gasteiger partial charge in [-0.2, -0.15) is 0 Å². The van der Waals surface area contributed by atoms with E-state index in [0.29, 0.717) is 18.1 Å². The molecule has 0 radical (unpaired) electrons. The zero-order chi connectivity index (χ0) is 12.4. The van der Waals surface area contributed by atoms with Crippen LogP contribution in [0.25, 0.3) is 0 Å². The summed E-state index contributed by atoms with van der Waals surface area (Å²) in [7, 11) is 0. The molecule has 3 rings (SSSR count). The zero-order valence-corrected chi connectivity index (χ0v) is 10.6. The van der Waals surface area contributed by atoms with Crippen LogP contribution < -0.4 is 0 Å². The second-order valence-corrected chi connectivity index (χ2v) is 5.16. The number of hydrogen-bond donors (Lipinski definition) is 0. The maximum atomic E-state index is 11.8. The van der Waals surface area contributed by atoms with Crippen LogP contribution in [0.1, 0.15) is 23.2 Å². The van der Waals surface area contributed by atoms with E-state index >= 15 is 0 Å². The quantitative estimate of drug-likeness (QED) is 0.621. The number of fused-ring (bicyclic) bond motifs is 1. The number of rotatable bonds is 3. The van der Waals surface area contributed by atoms with Crippen molar-refractivity contribution in [1.29, 1.82) is 0 Å². The van der Waals surface area contributed by atoms with Gasteiger partial charge in [0.2, 0.25) is 0 Å². The van der Waals surface area contributed by atoms with Crippen molar-refractivity contribution in [3.05, 3.63) is 35.9 Å². The van der Waals surface area contributed by atoms with Gasteiger partial charge in [-0.15, -0.1) is 0 Å². The minimum absolute atomic E-state index is 0.162. The molecular weight excluding hydrogens is 252 g/mol. The SMILES string of the molecule is O=C(OCC1CC2OSO[C@H]2C1)c1ccccc1. The fraction of sp³-hybridized carbons (Fsp3) is 0.462. The molecule has 1 heterocycles. The third-order valence-electron chi connectivity index (χ3n) is 3.33. The second-order valence-electron chi connectivity index (χ2n) is 4.64. The summed E-state index contributed by atoms with van der Waals surface area (Å²) < 4.78 is 16.0. The van der Waals surface area contributed by atoms with Crippen molar-refractivity contribution in [1.82, 2.24) is 0 Å². The summed E-state index contributed by atoms with van der Waals surface area (Å²) in [6, 6.07) is 9.05. The van der Waals surface area contributed by atoms with Crippen molar-refractivity contribution in [3.63, 3.8) is 0 Å². The first kappa shape index (κ1) is 12.0. The number of hydrogen-bond acceptors (Lipinski definition) is 5. The third-order valence-corrected chi connectivity index (χ3v) is 3.98. The zero-order valence-electron chi connectivity index (χ0n) is 9.78. The summed E-state index contributed by atoms with van der Waals surface area (Å²) in [4.78, 5) is 11.8. The van der Waals surface area contributed by atoms with Gasteiger partial charge in [0, 0.05) is 0 Å². The maximum absolute atomic E-state index is 11.8. The van der Waals surface area contributed by atoms with Crippen molar-refractivity contribution in [3.8, 4) is 0 Å². The molecule has 1 saturated heterocycles. The van der Waals surface area contributed by atoms with E-state index < -0.39 is 0 Å². The van der Waals surface area contributed by atoms with Crippen LogP contribution in [-0.2, 0) is 13.1 Å². The number of carbonyl (C=O) groups excluding carboxylic acids is 1. The molecule has 0 aromatic heterocycles. The Morgan fingerprint density at radius 2 is 1.89 bits per heavy atom. The summed E-state index contributed by atoms with van der Waals surface area (Å²) >= 11 is 1.08. The average Bonchev–Trinajstić information content (AvgIpc) is 2.97. The van der Waals surface area contributed by atoms with E-state index in [1.54, 1.807) is 12.1 Å². The Balaban J connectivity index is 1.49. The summed E-state index contributed by atoms with van der Waals surface area (Å²) in [6.45, 7) is 0.443. The van der Waals surface area contributed by atoms with E-state index in [1.807, 2.05) is 18.2 Å². The Hall–Kier alpha value is -1.04. The fourth-order valence-electron chi connectivity index (χ4n) is 2.37. The molecular formula is C13H14O4S. The number of carbonyl (C=O) groups is 1. The third kappa shape index (κ3) is 2.53. The van der Waals surface area contributed by atoms with E-state index in [4.69, 9.17) is 13.1 Å². The van der Waals surface area contributed by atoms with Crippen molar-refractivity contribution in [2.45, 2.75) is 25.0 Å². The van der Waals surface area contributed by atoms with Crippen LogP contribution in [0.5, 0.6) is 0 Å². The first-order valence-corrected chi connectivity index (χ1v) is 6.70. The Morgan fingerprint density at radius 1 is 1.22 bits per heavy atom. The summed E-state index contributed by atoms with van der Waals surface area (Å²) in [5, 5.41) is 0. The van der Waals surface area contributed by atoms with Crippen LogP contribution in [0.3, 0.4) is 0 Å². The molecule has 0 bridgehead atoms. The monoisotopic (exact) mass is 266 g/mol. The van der Waals surface area contributed by atoms with Crippen molar-refractivity contribution >= 4 is 18.3 Å². The molecule has 2 fully saturated rings. The van der Waals surface area contributed by atoms with Crippen LogP contribution in [-0.4, -0.2) is 24.8 Å². The second kappa shape index (κ2) is 5.30.